The van der Waals surface area contributed by atoms with Gasteiger partial charge in [-0.05, 0) is 30.3 Å². The van der Waals surface area contributed by atoms with E-state index in [1.54, 1.807) is 12.1 Å². The van der Waals surface area contributed by atoms with Crippen LogP contribution in [0.5, 0.6) is 11.5 Å². The fraction of sp³-hybridized carbons (Fsp3) is 0.118. The average molecular weight is 377 g/mol. The molecule has 2 heterocycles. The molecular formula is C17H14F3N5O2. The molecule has 0 unspecified atom stereocenters. The smallest absolute Gasteiger partial charge is 0.417 e. The number of benzene rings is 1. The van der Waals surface area contributed by atoms with E-state index < -0.39 is 17.6 Å². The van der Waals surface area contributed by atoms with Gasteiger partial charge in [-0.1, -0.05) is 0 Å². The molecule has 7 nitrogen and oxygen atoms in total. The minimum Gasteiger partial charge on any atom is -0.455 e. The molecule has 0 bridgehead atoms. The summed E-state index contributed by atoms with van der Waals surface area (Å²) in [7, 11) is 1.46. The lowest BCUT2D eigenvalue weighted by molar-refractivity contribution is -0.136. The van der Waals surface area contributed by atoms with Crippen molar-refractivity contribution in [3.8, 4) is 11.5 Å². The Kier molecular flexibility index (Phi) is 4.72. The number of amides is 1. The van der Waals surface area contributed by atoms with E-state index in [1.165, 1.54) is 25.5 Å². The van der Waals surface area contributed by atoms with Crippen LogP contribution in [0.1, 0.15) is 16.1 Å². The number of nitrogens with zero attached hydrogens (tertiary/aromatic N) is 2. The van der Waals surface area contributed by atoms with Crippen LogP contribution in [-0.4, -0.2) is 28.9 Å². The van der Waals surface area contributed by atoms with Gasteiger partial charge in [-0.15, -0.1) is 0 Å². The molecule has 140 valence electrons. The molecule has 0 saturated heterocycles. The molecule has 0 aliphatic rings. The van der Waals surface area contributed by atoms with E-state index in [9.17, 15) is 18.0 Å². The number of guanidine groups is 1. The molecule has 1 amide bonds. The second-order valence-electron chi connectivity index (χ2n) is 5.42. The largest absolute Gasteiger partial charge is 0.455 e. The lowest BCUT2D eigenvalue weighted by Gasteiger charge is -2.11. The number of hydrogen-bond acceptors (Lipinski definition) is 3. The van der Waals surface area contributed by atoms with Crippen molar-refractivity contribution >= 4 is 22.8 Å². The zero-order valence-corrected chi connectivity index (χ0v) is 14.0. The van der Waals surface area contributed by atoms with Crippen LogP contribution in [0.4, 0.5) is 13.2 Å². The van der Waals surface area contributed by atoms with Crippen LogP contribution < -0.4 is 15.8 Å². The number of aromatic amines is 1. The summed E-state index contributed by atoms with van der Waals surface area (Å²) >= 11 is 0. The Labute approximate surface area is 151 Å². The number of carbonyl (C=O) groups is 1. The van der Waals surface area contributed by atoms with Crippen molar-refractivity contribution in [2.24, 2.45) is 10.7 Å². The molecular weight excluding hydrogens is 363 g/mol. The topological polar surface area (TPSA) is 105 Å². The predicted octanol–water partition coefficient (Wildman–Crippen LogP) is 3.05. The summed E-state index contributed by atoms with van der Waals surface area (Å²) in [6.07, 6.45) is -1.64. The summed E-state index contributed by atoms with van der Waals surface area (Å²) < 4.78 is 45.7. The van der Waals surface area contributed by atoms with Crippen LogP contribution in [-0.2, 0) is 6.18 Å². The molecule has 0 saturated carbocycles. The molecule has 0 aliphatic carbocycles. The van der Waals surface area contributed by atoms with Crippen molar-refractivity contribution in [3.63, 3.8) is 0 Å². The standard InChI is InChI=1S/C17H14F3N5O2/c1-22-16(21)25-15(26)12-8-10-11(17(18,19)20)2-3-13(14(10)24-12)27-9-4-6-23-7-5-9/h2-8,24H,1H3,(H3,21,22,25,26). The van der Waals surface area contributed by atoms with Crippen LogP contribution >= 0.6 is 0 Å². The number of aromatic nitrogens is 2. The minimum absolute atomic E-state index is 0.0169. The van der Waals surface area contributed by atoms with Gasteiger partial charge in [0, 0.05) is 24.8 Å². The SMILES string of the molecule is CNC(N)=NC(=O)c1cc2c(C(F)(F)F)ccc(Oc3ccncc3)c2[nH]1. The zero-order valence-electron chi connectivity index (χ0n) is 14.0. The Morgan fingerprint density at radius 2 is 1.96 bits per heavy atom. The molecule has 2 aromatic heterocycles. The molecule has 0 fully saturated rings. The molecule has 10 heteroatoms. The monoisotopic (exact) mass is 377 g/mol. The maximum atomic E-state index is 13.3. The van der Waals surface area contributed by atoms with Gasteiger partial charge in [0.05, 0.1) is 11.1 Å². The molecule has 0 aliphatic heterocycles. The highest BCUT2D eigenvalue weighted by Gasteiger charge is 2.34. The number of carbonyl (C=O) groups excluding carboxylic acids is 1. The van der Waals surface area contributed by atoms with Crippen LogP contribution in [0.25, 0.3) is 10.9 Å². The lowest BCUT2D eigenvalue weighted by Crippen LogP contribution is -2.28. The van der Waals surface area contributed by atoms with Crippen molar-refractivity contribution in [1.29, 1.82) is 0 Å². The first-order valence-electron chi connectivity index (χ1n) is 7.66. The zero-order chi connectivity index (χ0) is 19.6. The molecule has 0 radical (unpaired) electrons. The number of rotatable bonds is 3. The normalized spacial score (nSPS) is 12.2. The first-order valence-corrected chi connectivity index (χ1v) is 7.66. The van der Waals surface area contributed by atoms with E-state index in [0.717, 1.165) is 12.1 Å². The number of H-pyrrole nitrogens is 1. The van der Waals surface area contributed by atoms with Gasteiger partial charge in [-0.25, -0.2) is 0 Å². The number of pyridine rings is 1. The quantitative estimate of drug-likeness (QED) is 0.481. The fourth-order valence-corrected chi connectivity index (χ4v) is 2.40. The molecule has 3 rings (SSSR count). The molecule has 4 N–H and O–H groups in total. The predicted molar refractivity (Wildman–Crippen MR) is 92.6 cm³/mol. The summed E-state index contributed by atoms with van der Waals surface area (Å²) in [6, 6.07) is 6.26. The molecule has 0 spiro atoms. The fourth-order valence-electron chi connectivity index (χ4n) is 2.40. The maximum absolute atomic E-state index is 13.3. The van der Waals surface area contributed by atoms with E-state index in [2.05, 4.69) is 20.3 Å². The number of ether oxygens (including phenoxy) is 1. The minimum atomic E-state index is -4.61. The second kappa shape index (κ2) is 6.98. The van der Waals surface area contributed by atoms with Crippen molar-refractivity contribution in [2.75, 3.05) is 7.05 Å². The molecule has 27 heavy (non-hydrogen) atoms. The lowest BCUT2D eigenvalue weighted by atomic mass is 10.1. The molecule has 0 atom stereocenters. The van der Waals surface area contributed by atoms with Crippen LogP contribution in [0.3, 0.4) is 0 Å². The third kappa shape index (κ3) is 3.84. The molecule has 1 aromatic carbocycles. The summed E-state index contributed by atoms with van der Waals surface area (Å²) in [5.74, 6) is -0.483. The van der Waals surface area contributed by atoms with Gasteiger partial charge in [0.15, 0.2) is 11.7 Å². The van der Waals surface area contributed by atoms with Crippen LogP contribution in [0, 0.1) is 0 Å². The van der Waals surface area contributed by atoms with E-state index >= 15 is 0 Å². The number of nitrogens with two attached hydrogens (primary N) is 1. The second-order valence-corrected chi connectivity index (χ2v) is 5.42. The van der Waals surface area contributed by atoms with E-state index in [-0.39, 0.29) is 28.3 Å². The number of alkyl halides is 3. The first kappa shape index (κ1) is 18.2. The van der Waals surface area contributed by atoms with Gasteiger partial charge in [-0.3, -0.25) is 9.78 Å². The van der Waals surface area contributed by atoms with Gasteiger partial charge in [0.2, 0.25) is 0 Å². The Bertz CT molecular complexity index is 1010. The van der Waals surface area contributed by atoms with E-state index in [4.69, 9.17) is 10.5 Å². The summed E-state index contributed by atoms with van der Waals surface area (Å²) in [4.78, 5) is 22.2. The average Bonchev–Trinajstić information content (AvgIpc) is 3.07. The van der Waals surface area contributed by atoms with Crippen LogP contribution in [0.2, 0.25) is 0 Å². The Morgan fingerprint density at radius 3 is 2.59 bits per heavy atom. The Morgan fingerprint density at radius 1 is 1.26 bits per heavy atom. The Balaban J connectivity index is 2.14. The number of fused-ring (bicyclic) bond motifs is 1. The highest BCUT2D eigenvalue weighted by Crippen LogP contribution is 2.39. The third-order valence-electron chi connectivity index (χ3n) is 3.65. The Hall–Kier alpha value is -3.56. The third-order valence-corrected chi connectivity index (χ3v) is 3.65. The van der Waals surface area contributed by atoms with Crippen molar-refractivity contribution < 1.29 is 22.7 Å². The van der Waals surface area contributed by atoms with Gasteiger partial charge in [0.25, 0.3) is 5.91 Å². The maximum Gasteiger partial charge on any atom is 0.417 e. The number of hydrogen-bond donors (Lipinski definition) is 3. The number of aliphatic imine (C=N–C) groups is 1. The van der Waals surface area contributed by atoms with E-state index in [0.29, 0.717) is 5.75 Å². The van der Waals surface area contributed by atoms with Crippen molar-refractivity contribution in [2.45, 2.75) is 6.18 Å². The number of nitrogens with one attached hydrogen (secondary N) is 2. The van der Waals surface area contributed by atoms with Crippen LogP contribution in [0.15, 0.2) is 47.7 Å². The summed E-state index contributed by atoms with van der Waals surface area (Å²) in [5, 5.41) is 2.25. The summed E-state index contributed by atoms with van der Waals surface area (Å²) in [6.45, 7) is 0. The molecule has 3 aromatic rings. The summed E-state index contributed by atoms with van der Waals surface area (Å²) in [5.41, 5.74) is 4.39. The highest BCUT2D eigenvalue weighted by molar-refractivity contribution is 6.05. The van der Waals surface area contributed by atoms with E-state index in [1.807, 2.05) is 0 Å². The first-order chi connectivity index (χ1) is 12.8. The highest BCUT2D eigenvalue weighted by atomic mass is 19.4. The van der Waals surface area contributed by atoms with Gasteiger partial charge in [0.1, 0.15) is 11.4 Å². The van der Waals surface area contributed by atoms with Crippen molar-refractivity contribution in [3.05, 3.63) is 54.0 Å². The number of halogens is 3. The van der Waals surface area contributed by atoms with Gasteiger partial charge < -0.3 is 20.8 Å². The van der Waals surface area contributed by atoms with Crippen molar-refractivity contribution in [1.82, 2.24) is 15.3 Å². The van der Waals surface area contributed by atoms with Gasteiger partial charge >= 0.3 is 6.18 Å². The van der Waals surface area contributed by atoms with Gasteiger partial charge in [-0.2, -0.15) is 18.2 Å².